The lowest BCUT2D eigenvalue weighted by atomic mass is 10.3. The Morgan fingerprint density at radius 3 is 1.35 bits per heavy atom. The molecule has 4 rings (SSSR count). The Morgan fingerprint density at radius 1 is 0.646 bits per heavy atom. The van der Waals surface area contributed by atoms with Crippen LogP contribution in [0.3, 0.4) is 0 Å². The second-order valence-electron chi connectivity index (χ2n) is 10.6. The summed E-state index contributed by atoms with van der Waals surface area (Å²) in [5, 5.41) is 2.95. The van der Waals surface area contributed by atoms with E-state index in [4.69, 9.17) is 18.9 Å². The first kappa shape index (κ1) is 37.2. The average Bonchev–Trinajstić information content (AvgIpc) is 3.74. The first-order valence-electron chi connectivity index (χ1n) is 14.8. The number of rotatable bonds is 12. The summed E-state index contributed by atoms with van der Waals surface area (Å²) in [6, 6.07) is 0. The molecule has 0 aromatic heterocycles. The predicted molar refractivity (Wildman–Crippen MR) is 182 cm³/mol. The van der Waals surface area contributed by atoms with Gasteiger partial charge in [-0.25, -0.2) is 29.2 Å². The summed E-state index contributed by atoms with van der Waals surface area (Å²) >= 11 is 3.87. The van der Waals surface area contributed by atoms with Crippen LogP contribution in [-0.2, 0) is 38.2 Å². The summed E-state index contributed by atoms with van der Waals surface area (Å²) in [5.74, 6) is -4.34. The Balaban J connectivity index is 1.97. The molecule has 1 aromatic carbocycles. The number of methoxy groups -OCH3 is 2. The molecule has 0 aliphatic carbocycles. The highest BCUT2D eigenvalue weighted by Gasteiger charge is 2.47. The molecule has 2 amide bonds. The molecule has 3 heterocycles. The van der Waals surface area contributed by atoms with Gasteiger partial charge in [0, 0.05) is 24.2 Å². The van der Waals surface area contributed by atoms with Gasteiger partial charge in [0.15, 0.2) is 17.1 Å². The lowest BCUT2D eigenvalue weighted by Crippen LogP contribution is -2.42. The molecule has 12 nitrogen and oxygen atoms in total. The second kappa shape index (κ2) is 15.7. The van der Waals surface area contributed by atoms with E-state index in [1.165, 1.54) is 23.9 Å². The van der Waals surface area contributed by atoms with Crippen molar-refractivity contribution in [2.24, 2.45) is 0 Å². The van der Waals surface area contributed by atoms with Crippen LogP contribution in [0.25, 0.3) is 0 Å². The molecule has 0 saturated carbocycles. The molecule has 1 aromatic rings. The highest BCUT2D eigenvalue weighted by molar-refractivity contribution is 8.26. The van der Waals surface area contributed by atoms with E-state index in [9.17, 15) is 28.8 Å². The van der Waals surface area contributed by atoms with E-state index < -0.39 is 41.3 Å². The maximum Gasteiger partial charge on any atom is 0.347 e. The van der Waals surface area contributed by atoms with Crippen LogP contribution in [-0.4, -0.2) is 73.0 Å². The molecule has 0 bridgehead atoms. The van der Waals surface area contributed by atoms with Crippen molar-refractivity contribution in [3.05, 3.63) is 43.9 Å². The van der Waals surface area contributed by atoms with Gasteiger partial charge in [0.05, 0.1) is 42.3 Å². The molecule has 16 heteroatoms. The van der Waals surface area contributed by atoms with Crippen LogP contribution in [0.2, 0.25) is 0 Å². The Labute approximate surface area is 295 Å². The third-order valence-electron chi connectivity index (χ3n) is 6.93. The molecule has 0 unspecified atom stereocenters. The zero-order chi connectivity index (χ0) is 35.4. The maximum absolute atomic E-state index is 13.8. The smallest absolute Gasteiger partial charge is 0.347 e. The van der Waals surface area contributed by atoms with Gasteiger partial charge >= 0.3 is 23.9 Å². The van der Waals surface area contributed by atoms with E-state index in [0.29, 0.717) is 40.0 Å². The van der Waals surface area contributed by atoms with Crippen molar-refractivity contribution in [3.63, 3.8) is 0 Å². The Bertz CT molecular complexity index is 1600. The highest BCUT2D eigenvalue weighted by Crippen LogP contribution is 2.68. The van der Waals surface area contributed by atoms with Crippen LogP contribution in [0.4, 0.5) is 0 Å². The molecular weight excluding hydrogens is 701 g/mol. The third-order valence-corrected chi connectivity index (χ3v) is 12.1. The standard InChI is InChI=1S/C32H34N2O10S4/c1-9-11-13-33-25(35)17(26(36)34(33)14-12-10-2)31-45-21-19(43-27(37)15(3)4)23-24(20(22(21)46-31)44-28(38)16(5)6)48-32(47-23)18(29(39)41-7)30(40)42-8/h3,5,9-14H2,1-2,4,6-8H3. The van der Waals surface area contributed by atoms with Gasteiger partial charge in [-0.15, -0.1) is 0 Å². The Morgan fingerprint density at radius 2 is 1.02 bits per heavy atom. The van der Waals surface area contributed by atoms with E-state index >= 15 is 0 Å². The summed E-state index contributed by atoms with van der Waals surface area (Å²) in [6.45, 7) is 15.0. The number of benzene rings is 1. The minimum Gasteiger partial charge on any atom is -0.465 e. The number of ether oxygens (including phenoxy) is 4. The number of carbonyl (C=O) groups is 6. The van der Waals surface area contributed by atoms with Crippen molar-refractivity contribution < 1.29 is 47.7 Å². The minimum atomic E-state index is -0.965. The molecule has 0 spiro atoms. The molecule has 3 aliphatic heterocycles. The van der Waals surface area contributed by atoms with E-state index in [-0.39, 0.29) is 42.2 Å². The van der Waals surface area contributed by atoms with E-state index in [0.717, 1.165) is 74.1 Å². The van der Waals surface area contributed by atoms with Crippen LogP contribution in [0.5, 0.6) is 11.5 Å². The summed E-state index contributed by atoms with van der Waals surface area (Å²) in [5.41, 5.74) is -0.284. The molecule has 48 heavy (non-hydrogen) atoms. The van der Waals surface area contributed by atoms with Gasteiger partial charge in [0.1, 0.15) is 5.57 Å². The van der Waals surface area contributed by atoms with Crippen LogP contribution in [0.1, 0.15) is 53.4 Å². The predicted octanol–water partition coefficient (Wildman–Crippen LogP) is 6.00. The number of hydrazine groups is 1. The zero-order valence-corrected chi connectivity index (χ0v) is 30.5. The first-order chi connectivity index (χ1) is 22.8. The highest BCUT2D eigenvalue weighted by atomic mass is 32.2. The van der Waals surface area contributed by atoms with Gasteiger partial charge in [-0.3, -0.25) is 9.59 Å². The fourth-order valence-electron chi connectivity index (χ4n) is 4.41. The number of unbranched alkanes of at least 4 members (excludes halogenated alkanes) is 2. The Hall–Kier alpha value is -3.60. The summed E-state index contributed by atoms with van der Waals surface area (Å²) in [7, 11) is 2.22. The number of amides is 2. The normalized spacial score (nSPS) is 15.0. The number of hydrogen-bond acceptors (Lipinski definition) is 14. The van der Waals surface area contributed by atoms with Crippen LogP contribution < -0.4 is 9.47 Å². The van der Waals surface area contributed by atoms with E-state index in [1.54, 1.807) is 0 Å². The number of nitrogens with zero attached hydrogens (tertiary/aromatic N) is 2. The van der Waals surface area contributed by atoms with Crippen molar-refractivity contribution in [2.75, 3.05) is 27.3 Å². The quantitative estimate of drug-likeness (QED) is 0.0813. The van der Waals surface area contributed by atoms with Gasteiger partial charge in [-0.05, 0) is 26.7 Å². The largest absolute Gasteiger partial charge is 0.465 e. The molecule has 0 radical (unpaired) electrons. The minimum absolute atomic E-state index is 0.0152. The van der Waals surface area contributed by atoms with Gasteiger partial charge in [-0.1, -0.05) is 86.9 Å². The fraction of sp³-hybridized carbons (Fsp3) is 0.375. The van der Waals surface area contributed by atoms with Gasteiger partial charge in [-0.2, -0.15) is 0 Å². The first-order valence-corrected chi connectivity index (χ1v) is 18.1. The zero-order valence-electron chi connectivity index (χ0n) is 27.3. The van der Waals surface area contributed by atoms with Crippen LogP contribution in [0.15, 0.2) is 63.5 Å². The van der Waals surface area contributed by atoms with E-state index in [1.807, 2.05) is 13.8 Å². The average molecular weight is 735 g/mol. The molecular formula is C32H34N2O10S4. The maximum atomic E-state index is 13.8. The monoisotopic (exact) mass is 734 g/mol. The van der Waals surface area contributed by atoms with Crippen LogP contribution in [0, 0.1) is 0 Å². The molecule has 0 atom stereocenters. The molecule has 256 valence electrons. The lowest BCUT2D eigenvalue weighted by molar-refractivity contribution is -0.147. The molecule has 0 N–H and O–H groups in total. The summed E-state index contributed by atoms with van der Waals surface area (Å²) in [6.07, 6.45) is 3.03. The summed E-state index contributed by atoms with van der Waals surface area (Å²) in [4.78, 5) is 80.1. The lowest BCUT2D eigenvalue weighted by Gasteiger charge is -2.27. The molecule has 3 aliphatic rings. The topological polar surface area (TPSA) is 146 Å². The van der Waals surface area contributed by atoms with Crippen molar-refractivity contribution >= 4 is 82.7 Å². The number of hydrogen-bond donors (Lipinski definition) is 0. The molecule has 1 fully saturated rings. The van der Waals surface area contributed by atoms with Gasteiger partial charge < -0.3 is 18.9 Å². The van der Waals surface area contributed by atoms with Crippen LogP contribution >= 0.6 is 47.0 Å². The van der Waals surface area contributed by atoms with Crippen molar-refractivity contribution in [2.45, 2.75) is 73.0 Å². The Kier molecular flexibility index (Phi) is 12.2. The number of carbonyl (C=O) groups excluding carboxylic acids is 6. The summed E-state index contributed by atoms with van der Waals surface area (Å²) < 4.78 is 21.8. The van der Waals surface area contributed by atoms with E-state index in [2.05, 4.69) is 13.2 Å². The SMILES string of the molecule is C=C(C)C(=O)Oc1c2c(c(OC(=O)C(=C)C)c3c1SC(=C1C(=O)N(CCCC)N(CCCC)C1=O)S3)SC(=C(C(=O)OC)C(=O)OC)S2. The van der Waals surface area contributed by atoms with Crippen molar-refractivity contribution in [1.82, 2.24) is 10.0 Å². The number of thioether (sulfide) groups is 4. The fourth-order valence-corrected chi connectivity index (χ4v) is 9.89. The second-order valence-corrected chi connectivity index (χ2v) is 15.2. The van der Waals surface area contributed by atoms with Gasteiger partial charge in [0.2, 0.25) is 0 Å². The third kappa shape index (κ3) is 7.21. The van der Waals surface area contributed by atoms with Crippen molar-refractivity contribution in [1.29, 1.82) is 0 Å². The number of esters is 4. The van der Waals surface area contributed by atoms with Gasteiger partial charge in [0.25, 0.3) is 11.8 Å². The number of fused-ring (bicyclic) bond motifs is 2. The van der Waals surface area contributed by atoms with Crippen molar-refractivity contribution in [3.8, 4) is 11.5 Å². The molecule has 1 saturated heterocycles.